The summed E-state index contributed by atoms with van der Waals surface area (Å²) < 4.78 is 0.0474. The summed E-state index contributed by atoms with van der Waals surface area (Å²) in [5.74, 6) is -1.87. The van der Waals surface area contributed by atoms with Crippen molar-refractivity contribution in [2.75, 3.05) is 11.5 Å². The fourth-order valence-corrected chi connectivity index (χ4v) is 6.71. The zero-order valence-corrected chi connectivity index (χ0v) is 19.1. The molecule has 4 rings (SSSR count). The third-order valence-corrected chi connectivity index (χ3v) is 8.38. The first-order valence-electron chi connectivity index (χ1n) is 8.88. The lowest BCUT2D eigenvalue weighted by Gasteiger charge is -2.49. The number of nitroso groups, excluding NO2 is 1. The van der Waals surface area contributed by atoms with Gasteiger partial charge in [0.1, 0.15) is 27.1 Å². The number of carboxylic acid groups (broad SMARTS) is 1. The highest BCUT2D eigenvalue weighted by Gasteiger charge is 2.54. The molecule has 2 aliphatic heterocycles. The number of hydrogen-bond acceptors (Lipinski definition) is 11. The van der Waals surface area contributed by atoms with Crippen molar-refractivity contribution < 1.29 is 19.5 Å². The van der Waals surface area contributed by atoms with Crippen LogP contribution in [0.1, 0.15) is 17.3 Å². The number of nitrogens with one attached hydrogen (secondary N) is 2. The molecule has 168 valence electrons. The summed E-state index contributed by atoms with van der Waals surface area (Å²) in [4.78, 5) is 54.1. The lowest BCUT2D eigenvalue weighted by Crippen LogP contribution is -2.70. The number of carbonyl (C=O) groups is 3. The second-order valence-electron chi connectivity index (χ2n) is 6.59. The maximum absolute atomic E-state index is 12.8. The molecule has 12 nitrogen and oxygen atoms in total. The van der Waals surface area contributed by atoms with Crippen molar-refractivity contribution in [3.8, 4) is 0 Å². The van der Waals surface area contributed by atoms with E-state index in [1.807, 2.05) is 0 Å². The number of rotatable bonds is 8. The number of nitrogens with two attached hydrogens (primary N) is 1. The van der Waals surface area contributed by atoms with Crippen LogP contribution in [0.3, 0.4) is 0 Å². The monoisotopic (exact) mass is 515 g/mol. The van der Waals surface area contributed by atoms with Crippen LogP contribution in [0.5, 0.6) is 0 Å². The number of anilines is 1. The summed E-state index contributed by atoms with van der Waals surface area (Å²) in [6, 6.07) is -2.59. The summed E-state index contributed by atoms with van der Waals surface area (Å²) in [5, 5.41) is 20.9. The molecule has 2 amide bonds. The number of nitrogen functional groups attached to an aromatic ring is 1. The van der Waals surface area contributed by atoms with Gasteiger partial charge in [-0.15, -0.1) is 28.4 Å². The molecule has 2 aromatic heterocycles. The molecule has 0 spiro atoms. The number of nitrogens with zero attached hydrogens (tertiary/aromatic N) is 4. The van der Waals surface area contributed by atoms with Gasteiger partial charge >= 0.3 is 5.97 Å². The molecule has 1 saturated heterocycles. The first-order valence-corrected chi connectivity index (χ1v) is 12.1. The number of H-pyrrole nitrogens is 1. The van der Waals surface area contributed by atoms with E-state index in [1.54, 1.807) is 12.4 Å². The number of aromatic nitrogens is 3. The average Bonchev–Trinajstić information content (AvgIpc) is 3.39. The lowest BCUT2D eigenvalue weighted by molar-refractivity contribution is -0.150. The number of thiazole rings is 1. The van der Waals surface area contributed by atoms with Crippen LogP contribution in [-0.2, 0) is 20.1 Å². The molecule has 32 heavy (non-hydrogen) atoms. The van der Waals surface area contributed by atoms with Crippen LogP contribution in [0.4, 0.5) is 5.13 Å². The number of halogens is 1. The van der Waals surface area contributed by atoms with Gasteiger partial charge in [0, 0.05) is 28.2 Å². The Hall–Kier alpha value is -2.62. The van der Waals surface area contributed by atoms with E-state index < -0.39 is 35.2 Å². The predicted octanol–water partition coefficient (Wildman–Crippen LogP) is 1.54. The summed E-state index contributed by atoms with van der Waals surface area (Å²) in [6.07, 6.45) is 3.33. The number of carbonyl (C=O) groups excluding carboxylic acids is 2. The lowest BCUT2D eigenvalue weighted by atomic mass is 10.0. The Labute approximate surface area is 197 Å². The number of amides is 2. The first kappa shape index (κ1) is 22.6. The molecular weight excluding hydrogens is 502 g/mol. The van der Waals surface area contributed by atoms with E-state index in [0.717, 1.165) is 21.8 Å². The minimum absolute atomic E-state index is 0.0474. The molecule has 4 heterocycles. The summed E-state index contributed by atoms with van der Waals surface area (Å²) >= 11 is 9.47. The second kappa shape index (κ2) is 9.09. The van der Waals surface area contributed by atoms with Crippen LogP contribution in [0.2, 0.25) is 4.34 Å². The highest BCUT2D eigenvalue weighted by atomic mass is 35.5. The van der Waals surface area contributed by atoms with E-state index in [-0.39, 0.29) is 20.9 Å². The van der Waals surface area contributed by atoms with E-state index in [9.17, 15) is 24.4 Å². The van der Waals surface area contributed by atoms with Crippen molar-refractivity contribution in [3.05, 3.63) is 43.5 Å². The summed E-state index contributed by atoms with van der Waals surface area (Å²) in [7, 11) is 0. The Kier molecular flexibility index (Phi) is 6.41. The average molecular weight is 516 g/mol. The van der Waals surface area contributed by atoms with Crippen molar-refractivity contribution in [1.82, 2.24) is 25.4 Å². The topological polar surface area (TPSA) is 184 Å². The number of aliphatic carboxylic acids is 1. The normalized spacial score (nSPS) is 21.0. The third-order valence-electron chi connectivity index (χ3n) is 4.64. The summed E-state index contributed by atoms with van der Waals surface area (Å²) in [6.45, 7) is 0. The quantitative estimate of drug-likeness (QED) is 0.297. The van der Waals surface area contributed by atoms with Crippen molar-refractivity contribution in [2.45, 2.75) is 23.2 Å². The highest BCUT2D eigenvalue weighted by molar-refractivity contribution is 8.05. The molecular formula is C16H14ClN7O5S3. The fraction of sp³-hybridized carbons (Fsp3) is 0.312. The molecule has 0 saturated carbocycles. The van der Waals surface area contributed by atoms with Gasteiger partial charge in [0.25, 0.3) is 11.8 Å². The molecule has 5 N–H and O–H groups in total. The molecule has 0 bridgehead atoms. The van der Waals surface area contributed by atoms with Gasteiger partial charge in [0.2, 0.25) is 6.04 Å². The third kappa shape index (κ3) is 4.07. The van der Waals surface area contributed by atoms with Crippen molar-refractivity contribution in [2.24, 2.45) is 5.18 Å². The Morgan fingerprint density at radius 1 is 1.53 bits per heavy atom. The van der Waals surface area contributed by atoms with Crippen molar-refractivity contribution >= 4 is 69.4 Å². The van der Waals surface area contributed by atoms with Crippen LogP contribution in [0.25, 0.3) is 0 Å². The predicted molar refractivity (Wildman–Crippen MR) is 120 cm³/mol. The first-order chi connectivity index (χ1) is 15.3. The molecule has 2 aromatic rings. The standard InChI is InChI=1S/C16H14ClN7O5S3/c17-11-7(22-16(18)32-11)8(23-29)12(25)21-9-13(26)24-10(15(27)28)6(4-31-14(9)24)30-3-5-1-19-20-2-5/h1-2,8-9,14H,3-4H2,(H2,18,22)(H,19,20)(H,21,25)(H,27,28)/t8?,9-,14+/m1/s1. The van der Waals surface area contributed by atoms with Gasteiger partial charge in [0.15, 0.2) is 5.13 Å². The molecule has 16 heteroatoms. The van der Waals surface area contributed by atoms with Crippen LogP contribution in [0, 0.1) is 4.91 Å². The molecule has 0 radical (unpaired) electrons. The maximum Gasteiger partial charge on any atom is 0.353 e. The Morgan fingerprint density at radius 3 is 2.91 bits per heavy atom. The number of β-lactam (4-membered cyclic amide) rings is 1. The maximum atomic E-state index is 12.8. The molecule has 0 aliphatic carbocycles. The molecule has 1 fully saturated rings. The number of hydrogen-bond donors (Lipinski definition) is 4. The second-order valence-corrected chi connectivity index (χ2v) is 10.4. The van der Waals surface area contributed by atoms with Gasteiger partial charge in [-0.1, -0.05) is 22.9 Å². The largest absolute Gasteiger partial charge is 0.477 e. The zero-order chi connectivity index (χ0) is 23.0. The fourth-order valence-electron chi connectivity index (χ4n) is 3.18. The van der Waals surface area contributed by atoms with E-state index in [2.05, 4.69) is 25.7 Å². The number of thioether (sulfide) groups is 2. The van der Waals surface area contributed by atoms with Crippen molar-refractivity contribution in [1.29, 1.82) is 0 Å². The smallest absolute Gasteiger partial charge is 0.353 e. The Bertz CT molecular complexity index is 1120. The minimum Gasteiger partial charge on any atom is -0.477 e. The van der Waals surface area contributed by atoms with Gasteiger partial charge < -0.3 is 16.2 Å². The number of carboxylic acids is 1. The SMILES string of the molecule is Nc1nc(C(N=O)C(=O)N[C@@H]2C(=O)N3C(C(=O)O)=C(SCc4cn[nH]c4)CS[C@@H]23)c(Cl)s1. The van der Waals surface area contributed by atoms with E-state index in [1.165, 1.54) is 23.5 Å². The van der Waals surface area contributed by atoms with E-state index in [0.29, 0.717) is 16.4 Å². The van der Waals surface area contributed by atoms with Crippen LogP contribution in [-0.4, -0.2) is 60.1 Å². The number of aromatic amines is 1. The van der Waals surface area contributed by atoms with E-state index in [4.69, 9.17) is 17.3 Å². The van der Waals surface area contributed by atoms with E-state index >= 15 is 0 Å². The van der Waals surface area contributed by atoms with Gasteiger partial charge in [-0.25, -0.2) is 9.78 Å². The summed E-state index contributed by atoms with van der Waals surface area (Å²) in [5.41, 5.74) is 6.23. The Morgan fingerprint density at radius 2 is 2.31 bits per heavy atom. The Balaban J connectivity index is 1.48. The number of fused-ring (bicyclic) bond motifs is 1. The minimum atomic E-state index is -1.58. The van der Waals surface area contributed by atoms with Gasteiger partial charge in [-0.2, -0.15) is 5.10 Å². The van der Waals surface area contributed by atoms with Crippen LogP contribution in [0.15, 0.2) is 28.2 Å². The molecule has 1 unspecified atom stereocenters. The van der Waals surface area contributed by atoms with Crippen LogP contribution < -0.4 is 11.1 Å². The molecule has 0 aromatic carbocycles. The highest BCUT2D eigenvalue weighted by Crippen LogP contribution is 2.44. The molecule has 2 aliphatic rings. The molecule has 3 atom stereocenters. The van der Waals surface area contributed by atoms with Crippen molar-refractivity contribution in [3.63, 3.8) is 0 Å². The van der Waals surface area contributed by atoms with Gasteiger partial charge in [-0.3, -0.25) is 19.6 Å². The van der Waals surface area contributed by atoms with Gasteiger partial charge in [0.05, 0.1) is 6.20 Å². The van der Waals surface area contributed by atoms with Gasteiger partial charge in [-0.05, 0) is 5.18 Å². The zero-order valence-electron chi connectivity index (χ0n) is 15.9. The van der Waals surface area contributed by atoms with Crippen LogP contribution >= 0.6 is 46.5 Å².